The zero-order valence-electron chi connectivity index (χ0n) is 19.2. The molecule has 0 amide bonds. The quantitative estimate of drug-likeness (QED) is 0.575. The lowest BCUT2D eigenvalue weighted by Crippen LogP contribution is -2.34. The first-order valence-electron chi connectivity index (χ1n) is 11.7. The monoisotopic (exact) mass is 446 g/mol. The highest BCUT2D eigenvalue weighted by molar-refractivity contribution is 5.92. The summed E-state index contributed by atoms with van der Waals surface area (Å²) in [4.78, 5) is 25.2. The molecule has 3 aromatic rings. The van der Waals surface area contributed by atoms with E-state index in [1.165, 1.54) is 5.56 Å². The normalized spacial score (nSPS) is 16.7. The van der Waals surface area contributed by atoms with E-state index in [1.54, 1.807) is 19.1 Å². The van der Waals surface area contributed by atoms with Crippen LogP contribution < -0.4 is 14.5 Å². The Hall–Kier alpha value is -3.35. The lowest BCUT2D eigenvalue weighted by molar-refractivity contribution is -0.135. The van der Waals surface area contributed by atoms with Crippen molar-refractivity contribution >= 4 is 28.4 Å². The summed E-state index contributed by atoms with van der Waals surface area (Å²) >= 11 is 0. The summed E-state index contributed by atoms with van der Waals surface area (Å²) in [6, 6.07) is 14.3. The van der Waals surface area contributed by atoms with Crippen molar-refractivity contribution in [1.82, 2.24) is 9.97 Å². The first-order chi connectivity index (χ1) is 16.0. The molecule has 7 heteroatoms. The number of para-hydroxylation sites is 1. The first kappa shape index (κ1) is 21.5. The van der Waals surface area contributed by atoms with E-state index in [2.05, 4.69) is 17.0 Å². The summed E-state index contributed by atoms with van der Waals surface area (Å²) in [6.45, 7) is 1.77. The molecule has 0 radical (unpaired) electrons. The molecule has 33 heavy (non-hydrogen) atoms. The number of anilines is 2. The lowest BCUT2D eigenvalue weighted by atomic mass is 9.88. The number of hydrogen-bond acceptors (Lipinski definition) is 6. The van der Waals surface area contributed by atoms with Crippen molar-refractivity contribution in [1.29, 1.82) is 0 Å². The topological polar surface area (TPSA) is 78.8 Å². The average Bonchev–Trinajstić information content (AvgIpc) is 3.68. The zero-order valence-corrected chi connectivity index (χ0v) is 19.2. The number of piperidine rings is 1. The predicted molar refractivity (Wildman–Crippen MR) is 130 cm³/mol. The van der Waals surface area contributed by atoms with Gasteiger partial charge in [-0.3, -0.25) is 4.79 Å². The van der Waals surface area contributed by atoms with Crippen LogP contribution in [0.5, 0.6) is 5.75 Å². The molecule has 1 saturated heterocycles. The number of ether oxygens (including phenoxy) is 1. The van der Waals surface area contributed by atoms with Gasteiger partial charge in [-0.15, -0.1) is 0 Å². The van der Waals surface area contributed by atoms with Gasteiger partial charge in [-0.05, 0) is 61.4 Å². The Labute approximate surface area is 194 Å². The molecule has 7 nitrogen and oxygen atoms in total. The molecule has 5 rings (SSSR count). The largest absolute Gasteiger partial charge is 0.496 e. The summed E-state index contributed by atoms with van der Waals surface area (Å²) in [5, 5.41) is 10.2. The Morgan fingerprint density at radius 2 is 1.85 bits per heavy atom. The van der Waals surface area contributed by atoms with Gasteiger partial charge in [0.2, 0.25) is 0 Å². The number of rotatable bonds is 7. The predicted octanol–water partition coefficient (Wildman–Crippen LogP) is 4.42. The third-order valence-electron chi connectivity index (χ3n) is 6.81. The molecular formula is C26H30N4O3. The highest BCUT2D eigenvalue weighted by atomic mass is 16.5. The summed E-state index contributed by atoms with van der Waals surface area (Å²) in [7, 11) is 3.53. The summed E-state index contributed by atoms with van der Waals surface area (Å²) in [5.74, 6) is 2.96. The van der Waals surface area contributed by atoms with Crippen LogP contribution in [0.2, 0.25) is 0 Å². The number of likely N-dealkylation sites (N-methyl/N-ethyl adjacent to an activating group) is 1. The molecule has 1 aliphatic carbocycles. The van der Waals surface area contributed by atoms with E-state index < -0.39 is 5.97 Å². The molecule has 1 saturated carbocycles. The SMILES string of the molecule is COc1ccccc1C1CCN(c2nc(C3CC3)nc3ccc(N(C)CC(=O)O)cc23)CC1. The van der Waals surface area contributed by atoms with Crippen LogP contribution in [0.25, 0.3) is 10.9 Å². The number of nitrogens with zero attached hydrogens (tertiary/aromatic N) is 4. The summed E-state index contributed by atoms with van der Waals surface area (Å²) in [5.41, 5.74) is 3.07. The number of fused-ring (bicyclic) bond motifs is 1. The van der Waals surface area contributed by atoms with Crippen molar-refractivity contribution in [2.75, 3.05) is 43.6 Å². The van der Waals surface area contributed by atoms with Gasteiger partial charge in [-0.1, -0.05) is 18.2 Å². The zero-order chi connectivity index (χ0) is 22.9. The van der Waals surface area contributed by atoms with E-state index >= 15 is 0 Å². The molecular weight excluding hydrogens is 416 g/mol. The van der Waals surface area contributed by atoms with Crippen LogP contribution in [0.15, 0.2) is 42.5 Å². The van der Waals surface area contributed by atoms with Gasteiger partial charge in [0.1, 0.15) is 23.9 Å². The van der Waals surface area contributed by atoms with E-state index in [0.717, 1.165) is 72.8 Å². The molecule has 0 atom stereocenters. The molecule has 1 aliphatic heterocycles. The number of carboxylic acid groups (broad SMARTS) is 1. The van der Waals surface area contributed by atoms with Gasteiger partial charge in [0.25, 0.3) is 0 Å². The molecule has 0 bridgehead atoms. The average molecular weight is 447 g/mol. The van der Waals surface area contributed by atoms with Crippen LogP contribution in [0.4, 0.5) is 11.5 Å². The Kier molecular flexibility index (Phi) is 5.79. The van der Waals surface area contributed by atoms with E-state index in [1.807, 2.05) is 30.3 Å². The summed E-state index contributed by atoms with van der Waals surface area (Å²) < 4.78 is 5.60. The third kappa shape index (κ3) is 4.45. The van der Waals surface area contributed by atoms with Crippen LogP contribution in [-0.2, 0) is 4.79 Å². The van der Waals surface area contributed by atoms with Crippen molar-refractivity contribution in [2.24, 2.45) is 0 Å². The third-order valence-corrected chi connectivity index (χ3v) is 6.81. The second-order valence-corrected chi connectivity index (χ2v) is 9.13. The van der Waals surface area contributed by atoms with Gasteiger partial charge in [0.05, 0.1) is 12.6 Å². The van der Waals surface area contributed by atoms with Gasteiger partial charge in [0, 0.05) is 37.1 Å². The summed E-state index contributed by atoms with van der Waals surface area (Å²) in [6.07, 6.45) is 4.37. The molecule has 2 heterocycles. The van der Waals surface area contributed by atoms with Gasteiger partial charge in [-0.25, -0.2) is 9.97 Å². The highest BCUT2D eigenvalue weighted by Gasteiger charge is 2.30. The van der Waals surface area contributed by atoms with Crippen LogP contribution in [0.1, 0.15) is 48.9 Å². The Morgan fingerprint density at radius 1 is 1.09 bits per heavy atom. The molecule has 1 aromatic heterocycles. The molecule has 172 valence electrons. The smallest absolute Gasteiger partial charge is 0.323 e. The van der Waals surface area contributed by atoms with E-state index in [-0.39, 0.29) is 6.54 Å². The van der Waals surface area contributed by atoms with Crippen molar-refractivity contribution in [3.8, 4) is 5.75 Å². The highest BCUT2D eigenvalue weighted by Crippen LogP contribution is 2.41. The van der Waals surface area contributed by atoms with Gasteiger partial charge >= 0.3 is 5.97 Å². The van der Waals surface area contributed by atoms with Crippen LogP contribution >= 0.6 is 0 Å². The number of methoxy groups -OCH3 is 1. The van der Waals surface area contributed by atoms with Crippen molar-refractivity contribution in [3.05, 3.63) is 53.9 Å². The Morgan fingerprint density at radius 3 is 2.55 bits per heavy atom. The fraction of sp³-hybridized carbons (Fsp3) is 0.423. The fourth-order valence-corrected chi connectivity index (χ4v) is 4.82. The second kappa shape index (κ2) is 8.89. The van der Waals surface area contributed by atoms with Crippen molar-refractivity contribution in [2.45, 2.75) is 37.5 Å². The molecule has 2 fully saturated rings. The number of aromatic nitrogens is 2. The van der Waals surface area contributed by atoms with E-state index in [4.69, 9.17) is 14.7 Å². The fourth-order valence-electron chi connectivity index (χ4n) is 4.82. The lowest BCUT2D eigenvalue weighted by Gasteiger charge is -2.34. The van der Waals surface area contributed by atoms with Crippen LogP contribution in [0.3, 0.4) is 0 Å². The number of carbonyl (C=O) groups is 1. The minimum Gasteiger partial charge on any atom is -0.496 e. The minimum absolute atomic E-state index is 0.0494. The van der Waals surface area contributed by atoms with E-state index in [9.17, 15) is 9.90 Å². The van der Waals surface area contributed by atoms with Gasteiger partial charge in [-0.2, -0.15) is 0 Å². The number of carboxylic acids is 1. The first-order valence-corrected chi connectivity index (χ1v) is 11.7. The minimum atomic E-state index is -0.850. The molecule has 2 aliphatic rings. The van der Waals surface area contributed by atoms with Crippen LogP contribution in [0, 0.1) is 0 Å². The maximum Gasteiger partial charge on any atom is 0.323 e. The second-order valence-electron chi connectivity index (χ2n) is 9.13. The van der Waals surface area contributed by atoms with E-state index in [0.29, 0.717) is 11.8 Å². The van der Waals surface area contributed by atoms with Gasteiger partial charge in [0.15, 0.2) is 0 Å². The Balaban J connectivity index is 1.45. The van der Waals surface area contributed by atoms with Gasteiger partial charge < -0.3 is 19.6 Å². The standard InChI is InChI=1S/C26H30N4O3/c1-29(16-24(31)32)19-9-10-22-21(15-19)26(28-25(27-22)18-7-8-18)30-13-11-17(12-14-30)20-5-3-4-6-23(20)33-2/h3-6,9-10,15,17-18H,7-8,11-14,16H2,1-2H3,(H,31,32). The van der Waals surface area contributed by atoms with Crippen molar-refractivity contribution < 1.29 is 14.6 Å². The molecule has 1 N–H and O–H groups in total. The number of benzene rings is 2. The van der Waals surface area contributed by atoms with Crippen LogP contribution in [-0.4, -0.2) is 54.8 Å². The number of aliphatic carboxylic acids is 1. The number of hydrogen-bond donors (Lipinski definition) is 1. The molecule has 2 aromatic carbocycles. The van der Waals surface area contributed by atoms with Crippen molar-refractivity contribution in [3.63, 3.8) is 0 Å². The molecule has 0 unspecified atom stereocenters. The maximum atomic E-state index is 11.2. The molecule has 0 spiro atoms. The maximum absolute atomic E-state index is 11.2. The Bertz CT molecular complexity index is 1170.